The van der Waals surface area contributed by atoms with Crippen LogP contribution in [0, 0.1) is 5.92 Å². The Kier molecular flexibility index (Phi) is 3.68. The van der Waals surface area contributed by atoms with E-state index in [1.54, 1.807) is 19.1 Å². The molecule has 0 saturated heterocycles. The van der Waals surface area contributed by atoms with E-state index in [0.717, 1.165) is 23.2 Å². The SMILES string of the molecule is CC(=O)c1ccc2c(c1)[C@H]1C=CC[C@@H]1[C@H](c1ccc(C(=O)O)cc1)N2. The Balaban J connectivity index is 1.72. The molecule has 0 spiro atoms. The third-order valence-electron chi connectivity index (χ3n) is 5.29. The van der Waals surface area contributed by atoms with Crippen molar-refractivity contribution in [3.63, 3.8) is 0 Å². The van der Waals surface area contributed by atoms with Crippen LogP contribution in [-0.4, -0.2) is 16.9 Å². The number of fused-ring (bicyclic) bond motifs is 3. The molecule has 0 bridgehead atoms. The Morgan fingerprint density at radius 3 is 2.48 bits per heavy atom. The molecule has 2 aromatic carbocycles. The highest BCUT2D eigenvalue weighted by atomic mass is 16.4. The summed E-state index contributed by atoms with van der Waals surface area (Å²) in [4.78, 5) is 22.8. The minimum atomic E-state index is -0.911. The van der Waals surface area contributed by atoms with Gasteiger partial charge < -0.3 is 10.4 Å². The van der Waals surface area contributed by atoms with E-state index < -0.39 is 5.97 Å². The van der Waals surface area contributed by atoms with Crippen molar-refractivity contribution in [1.82, 2.24) is 0 Å². The number of aromatic carboxylic acids is 1. The number of carbonyl (C=O) groups is 2. The number of rotatable bonds is 3. The van der Waals surface area contributed by atoms with Gasteiger partial charge in [-0.1, -0.05) is 24.3 Å². The minimum Gasteiger partial charge on any atom is -0.478 e. The van der Waals surface area contributed by atoms with E-state index in [2.05, 4.69) is 17.5 Å². The average molecular weight is 333 g/mol. The van der Waals surface area contributed by atoms with Crippen LogP contribution < -0.4 is 5.32 Å². The molecule has 0 saturated carbocycles. The molecule has 1 heterocycles. The van der Waals surface area contributed by atoms with Crippen LogP contribution >= 0.6 is 0 Å². The van der Waals surface area contributed by atoms with Gasteiger partial charge in [-0.2, -0.15) is 0 Å². The molecule has 0 unspecified atom stereocenters. The number of anilines is 1. The van der Waals surface area contributed by atoms with E-state index in [1.165, 1.54) is 5.56 Å². The fourth-order valence-electron chi connectivity index (χ4n) is 3.98. The number of carbonyl (C=O) groups excluding carboxylic acids is 1. The molecule has 1 aliphatic carbocycles. The van der Waals surface area contributed by atoms with Crippen LogP contribution in [0.4, 0.5) is 5.69 Å². The summed E-state index contributed by atoms with van der Waals surface area (Å²) in [5.41, 5.74) is 4.34. The normalized spacial score (nSPS) is 23.5. The first-order valence-corrected chi connectivity index (χ1v) is 8.46. The number of carboxylic acid groups (broad SMARTS) is 1. The van der Waals surface area contributed by atoms with E-state index in [9.17, 15) is 9.59 Å². The van der Waals surface area contributed by atoms with Crippen LogP contribution in [0.15, 0.2) is 54.6 Å². The second kappa shape index (κ2) is 5.88. The number of ketones is 1. The van der Waals surface area contributed by atoms with Gasteiger partial charge in [-0.3, -0.25) is 4.79 Å². The average Bonchev–Trinajstić information content (AvgIpc) is 3.10. The Hall–Kier alpha value is -2.88. The highest BCUT2D eigenvalue weighted by molar-refractivity contribution is 5.95. The quantitative estimate of drug-likeness (QED) is 0.645. The number of hydrogen-bond donors (Lipinski definition) is 2. The standard InChI is InChI=1S/C21H19NO3/c1-12(23)15-9-10-19-18(11-15)16-3-2-4-17(16)20(22-19)13-5-7-14(8-6-13)21(24)25/h2-3,5-11,16-17,20,22H,4H2,1H3,(H,24,25)/t16-,17-,20-/m0/s1. The topological polar surface area (TPSA) is 66.4 Å². The predicted octanol–water partition coefficient (Wildman–Crippen LogP) is 4.41. The van der Waals surface area contributed by atoms with Gasteiger partial charge in [0, 0.05) is 17.2 Å². The molecular formula is C21H19NO3. The lowest BCUT2D eigenvalue weighted by atomic mass is 9.76. The summed E-state index contributed by atoms with van der Waals surface area (Å²) in [6.45, 7) is 1.59. The van der Waals surface area contributed by atoms with Crippen molar-refractivity contribution in [2.24, 2.45) is 5.92 Å². The summed E-state index contributed by atoms with van der Waals surface area (Å²) < 4.78 is 0. The van der Waals surface area contributed by atoms with E-state index in [1.807, 2.05) is 30.3 Å². The zero-order chi connectivity index (χ0) is 17.6. The zero-order valence-corrected chi connectivity index (χ0v) is 13.9. The maximum atomic E-state index is 11.7. The summed E-state index contributed by atoms with van der Waals surface area (Å²) in [5, 5.41) is 12.7. The molecule has 0 amide bonds. The molecule has 1 aliphatic heterocycles. The van der Waals surface area contributed by atoms with Gasteiger partial charge in [-0.25, -0.2) is 4.79 Å². The number of carboxylic acids is 1. The molecule has 0 fully saturated rings. The minimum absolute atomic E-state index is 0.0766. The Labute approximate surface area is 146 Å². The van der Waals surface area contributed by atoms with Crippen molar-refractivity contribution in [3.05, 3.63) is 76.9 Å². The van der Waals surface area contributed by atoms with Crippen molar-refractivity contribution in [2.45, 2.75) is 25.3 Å². The van der Waals surface area contributed by atoms with Gasteiger partial charge in [0.2, 0.25) is 0 Å². The van der Waals surface area contributed by atoms with Crippen LogP contribution in [0.1, 0.15) is 57.1 Å². The first kappa shape index (κ1) is 15.6. The van der Waals surface area contributed by atoms with Gasteiger partial charge in [0.1, 0.15) is 0 Å². The maximum absolute atomic E-state index is 11.7. The van der Waals surface area contributed by atoms with Crippen LogP contribution in [-0.2, 0) is 0 Å². The van der Waals surface area contributed by atoms with Gasteiger partial charge in [0.15, 0.2) is 5.78 Å². The second-order valence-electron chi connectivity index (χ2n) is 6.76. The number of hydrogen-bond acceptors (Lipinski definition) is 3. The largest absolute Gasteiger partial charge is 0.478 e. The molecule has 4 heteroatoms. The summed E-state index contributed by atoms with van der Waals surface area (Å²) in [6, 6.07) is 13.1. The fourth-order valence-corrected chi connectivity index (χ4v) is 3.98. The maximum Gasteiger partial charge on any atom is 0.335 e. The Morgan fingerprint density at radius 1 is 1.08 bits per heavy atom. The van der Waals surface area contributed by atoms with Gasteiger partial charge in [0.25, 0.3) is 0 Å². The molecule has 2 N–H and O–H groups in total. The lowest BCUT2D eigenvalue weighted by Gasteiger charge is -2.37. The molecule has 4 nitrogen and oxygen atoms in total. The molecule has 2 aliphatic rings. The summed E-state index contributed by atoms with van der Waals surface area (Å²) in [6.07, 6.45) is 5.39. The second-order valence-corrected chi connectivity index (χ2v) is 6.76. The van der Waals surface area contributed by atoms with Gasteiger partial charge in [0.05, 0.1) is 11.6 Å². The zero-order valence-electron chi connectivity index (χ0n) is 13.9. The summed E-state index contributed by atoms with van der Waals surface area (Å²) >= 11 is 0. The number of benzene rings is 2. The molecule has 0 radical (unpaired) electrons. The van der Waals surface area contributed by atoms with Crippen molar-refractivity contribution in [2.75, 3.05) is 5.32 Å². The first-order chi connectivity index (χ1) is 12.0. The molecule has 2 aromatic rings. The van der Waals surface area contributed by atoms with Crippen molar-refractivity contribution < 1.29 is 14.7 Å². The molecule has 3 atom stereocenters. The third-order valence-corrected chi connectivity index (χ3v) is 5.29. The smallest absolute Gasteiger partial charge is 0.335 e. The lowest BCUT2D eigenvalue weighted by Crippen LogP contribution is -2.29. The monoisotopic (exact) mass is 333 g/mol. The van der Waals surface area contributed by atoms with Gasteiger partial charge in [-0.05, 0) is 60.7 Å². The van der Waals surface area contributed by atoms with Crippen LogP contribution in [0.2, 0.25) is 0 Å². The van der Waals surface area contributed by atoms with Crippen molar-refractivity contribution in [3.8, 4) is 0 Å². The summed E-state index contributed by atoms with van der Waals surface area (Å²) in [7, 11) is 0. The molecule has 126 valence electrons. The molecule has 0 aromatic heterocycles. The van der Waals surface area contributed by atoms with E-state index in [-0.39, 0.29) is 17.7 Å². The Bertz CT molecular complexity index is 883. The van der Waals surface area contributed by atoms with Crippen molar-refractivity contribution >= 4 is 17.4 Å². The van der Waals surface area contributed by atoms with E-state index in [0.29, 0.717) is 11.5 Å². The van der Waals surface area contributed by atoms with E-state index >= 15 is 0 Å². The number of allylic oxidation sites excluding steroid dienone is 2. The fraction of sp³-hybridized carbons (Fsp3) is 0.238. The van der Waals surface area contributed by atoms with Gasteiger partial charge >= 0.3 is 5.97 Å². The van der Waals surface area contributed by atoms with Crippen molar-refractivity contribution in [1.29, 1.82) is 0 Å². The molecule has 25 heavy (non-hydrogen) atoms. The molecule has 4 rings (SSSR count). The van der Waals surface area contributed by atoms with Gasteiger partial charge in [-0.15, -0.1) is 0 Å². The third kappa shape index (κ3) is 2.64. The highest BCUT2D eigenvalue weighted by Crippen LogP contribution is 2.49. The highest BCUT2D eigenvalue weighted by Gasteiger charge is 2.38. The Morgan fingerprint density at radius 2 is 1.80 bits per heavy atom. The van der Waals surface area contributed by atoms with Crippen LogP contribution in [0.25, 0.3) is 0 Å². The van der Waals surface area contributed by atoms with Crippen LogP contribution in [0.5, 0.6) is 0 Å². The predicted molar refractivity (Wildman–Crippen MR) is 96.2 cm³/mol. The first-order valence-electron chi connectivity index (χ1n) is 8.46. The van der Waals surface area contributed by atoms with Crippen LogP contribution in [0.3, 0.4) is 0 Å². The number of Topliss-reactive ketones (excluding diaryl/α,β-unsaturated/α-hetero) is 1. The number of nitrogens with one attached hydrogen (secondary N) is 1. The summed E-state index contributed by atoms with van der Waals surface area (Å²) in [5.74, 6) is -0.191. The lowest BCUT2D eigenvalue weighted by molar-refractivity contribution is 0.0696. The van der Waals surface area contributed by atoms with E-state index in [4.69, 9.17) is 5.11 Å². The molecular weight excluding hydrogens is 314 g/mol.